The maximum Gasteiger partial charge on any atom is 0.0751 e. The molecule has 144 valence electrons. The molecule has 4 fully saturated rings. The maximum atomic E-state index is 11.5. The van der Waals surface area contributed by atoms with E-state index in [1.807, 2.05) is 13.8 Å². The third-order valence-electron chi connectivity index (χ3n) is 9.54. The second kappa shape index (κ2) is 5.94. The lowest BCUT2D eigenvalue weighted by Crippen LogP contribution is -2.56. The average molecular weight is 351 g/mol. The molecular weight excluding hydrogens is 312 g/mol. The lowest BCUT2D eigenvalue weighted by atomic mass is 9.48. The molecule has 0 radical (unpaired) electrons. The Kier molecular flexibility index (Phi) is 4.34. The first-order chi connectivity index (χ1) is 11.7. The summed E-state index contributed by atoms with van der Waals surface area (Å²) in [5.41, 5.74) is -1.16. The van der Waals surface area contributed by atoms with E-state index in [0.717, 1.165) is 49.9 Å². The van der Waals surface area contributed by atoms with E-state index in [-0.39, 0.29) is 17.9 Å². The summed E-state index contributed by atoms with van der Waals surface area (Å²) in [5.74, 6) is 3.66. The molecule has 0 spiro atoms. The Morgan fingerprint density at radius 3 is 2.32 bits per heavy atom. The second-order valence-corrected chi connectivity index (χ2v) is 10.7. The molecule has 1 unspecified atom stereocenters. The van der Waals surface area contributed by atoms with Crippen LogP contribution in [0, 0.1) is 40.9 Å². The van der Waals surface area contributed by atoms with Crippen molar-refractivity contribution in [2.45, 2.75) is 89.8 Å². The molecule has 0 bridgehead atoms. The largest absolute Gasteiger partial charge is 0.396 e. The standard InChI is InChI=1S/C22H38O3/c1-14(13-23)22(25)11-8-19-18-5-4-15-12-20(2,24)9-6-16(15)17(18)7-10-21(19,22)3/h14-19,23-25H,4-13H2,1-3H3/t14?,15-,16+,17-,18-,19+,20-,21+,22+/m1/s1. The lowest BCUT2D eigenvalue weighted by molar-refractivity contribution is -0.163. The molecule has 4 rings (SSSR count). The van der Waals surface area contributed by atoms with E-state index in [9.17, 15) is 15.3 Å². The van der Waals surface area contributed by atoms with Crippen LogP contribution < -0.4 is 0 Å². The molecule has 3 heteroatoms. The van der Waals surface area contributed by atoms with Crippen LogP contribution in [-0.4, -0.2) is 33.1 Å². The normalized spacial score (nSPS) is 56.6. The summed E-state index contributed by atoms with van der Waals surface area (Å²) in [4.78, 5) is 0. The van der Waals surface area contributed by atoms with Crippen molar-refractivity contribution in [2.75, 3.05) is 6.61 Å². The fraction of sp³-hybridized carbons (Fsp3) is 1.00. The Bertz CT molecular complexity index is 517. The first-order valence-electron chi connectivity index (χ1n) is 10.8. The zero-order valence-corrected chi connectivity index (χ0v) is 16.4. The molecule has 0 heterocycles. The first-order valence-corrected chi connectivity index (χ1v) is 10.8. The van der Waals surface area contributed by atoms with E-state index in [2.05, 4.69) is 6.92 Å². The summed E-state index contributed by atoms with van der Waals surface area (Å²) in [5, 5.41) is 31.7. The van der Waals surface area contributed by atoms with Crippen molar-refractivity contribution >= 4 is 0 Å². The van der Waals surface area contributed by atoms with E-state index in [4.69, 9.17) is 0 Å². The van der Waals surface area contributed by atoms with E-state index in [0.29, 0.717) is 11.8 Å². The third-order valence-corrected chi connectivity index (χ3v) is 9.54. The van der Waals surface area contributed by atoms with Gasteiger partial charge in [-0.15, -0.1) is 0 Å². The molecule has 0 aromatic heterocycles. The summed E-state index contributed by atoms with van der Waals surface area (Å²) in [6, 6.07) is 0. The van der Waals surface area contributed by atoms with Gasteiger partial charge in [0, 0.05) is 12.5 Å². The van der Waals surface area contributed by atoms with Crippen LogP contribution in [0.25, 0.3) is 0 Å². The molecule has 3 N–H and O–H groups in total. The number of aliphatic hydroxyl groups is 3. The van der Waals surface area contributed by atoms with Crippen LogP contribution in [0.3, 0.4) is 0 Å². The van der Waals surface area contributed by atoms with E-state index in [1.165, 1.54) is 25.7 Å². The van der Waals surface area contributed by atoms with Crippen molar-refractivity contribution in [3.05, 3.63) is 0 Å². The minimum Gasteiger partial charge on any atom is -0.396 e. The zero-order chi connectivity index (χ0) is 18.0. The SMILES string of the molecule is CC(CO)[C@@]1(O)CC[C@H]2[C@@H]3CC[C@@H]4C[C@](C)(O)CC[C@@H]4[C@H]3CC[C@@]21C. The van der Waals surface area contributed by atoms with Crippen molar-refractivity contribution in [2.24, 2.45) is 40.9 Å². The lowest BCUT2D eigenvalue weighted by Gasteiger charge is -2.58. The van der Waals surface area contributed by atoms with Crippen LogP contribution in [0.2, 0.25) is 0 Å². The highest BCUT2D eigenvalue weighted by molar-refractivity contribution is 5.13. The quantitative estimate of drug-likeness (QED) is 0.711. The third kappa shape index (κ3) is 2.56. The molecule has 25 heavy (non-hydrogen) atoms. The van der Waals surface area contributed by atoms with Gasteiger partial charge in [0.1, 0.15) is 0 Å². The van der Waals surface area contributed by atoms with Gasteiger partial charge in [0.25, 0.3) is 0 Å². The molecule has 9 atom stereocenters. The van der Waals surface area contributed by atoms with Crippen LogP contribution in [0.15, 0.2) is 0 Å². The maximum absolute atomic E-state index is 11.5. The number of hydrogen-bond acceptors (Lipinski definition) is 3. The van der Waals surface area contributed by atoms with Gasteiger partial charge in [0.05, 0.1) is 11.2 Å². The van der Waals surface area contributed by atoms with Crippen molar-refractivity contribution in [1.29, 1.82) is 0 Å². The molecule has 3 nitrogen and oxygen atoms in total. The Hall–Kier alpha value is -0.120. The summed E-state index contributed by atoms with van der Waals surface area (Å²) in [6.07, 6.45) is 10.0. The van der Waals surface area contributed by atoms with Gasteiger partial charge in [-0.1, -0.05) is 13.8 Å². The molecule has 0 aromatic rings. The highest BCUT2D eigenvalue weighted by Crippen LogP contribution is 2.66. The van der Waals surface area contributed by atoms with Gasteiger partial charge < -0.3 is 15.3 Å². The fourth-order valence-electron chi connectivity index (χ4n) is 8.09. The van der Waals surface area contributed by atoms with Gasteiger partial charge >= 0.3 is 0 Å². The molecule has 4 aliphatic carbocycles. The summed E-state index contributed by atoms with van der Waals surface area (Å²) in [6.45, 7) is 6.47. The summed E-state index contributed by atoms with van der Waals surface area (Å²) >= 11 is 0. The minimum atomic E-state index is -0.690. The van der Waals surface area contributed by atoms with E-state index < -0.39 is 11.2 Å². The van der Waals surface area contributed by atoms with Crippen molar-refractivity contribution < 1.29 is 15.3 Å². The van der Waals surface area contributed by atoms with Crippen molar-refractivity contribution in [3.63, 3.8) is 0 Å². The molecule has 0 aliphatic heterocycles. The van der Waals surface area contributed by atoms with Gasteiger partial charge in [-0.05, 0) is 99.7 Å². The molecule has 4 saturated carbocycles. The number of hydrogen-bond donors (Lipinski definition) is 3. The highest BCUT2D eigenvalue weighted by Gasteiger charge is 2.64. The topological polar surface area (TPSA) is 60.7 Å². The van der Waals surface area contributed by atoms with Crippen LogP contribution in [0.1, 0.15) is 78.6 Å². The van der Waals surface area contributed by atoms with Gasteiger partial charge in [-0.25, -0.2) is 0 Å². The summed E-state index contributed by atoms with van der Waals surface area (Å²) in [7, 11) is 0. The fourth-order valence-corrected chi connectivity index (χ4v) is 8.09. The zero-order valence-electron chi connectivity index (χ0n) is 16.4. The highest BCUT2D eigenvalue weighted by atomic mass is 16.3. The van der Waals surface area contributed by atoms with E-state index in [1.54, 1.807) is 0 Å². The molecule has 0 amide bonds. The molecule has 4 aliphatic rings. The molecular formula is C22H38O3. The van der Waals surface area contributed by atoms with E-state index >= 15 is 0 Å². The first kappa shape index (κ1) is 18.3. The molecule has 0 saturated heterocycles. The predicted molar refractivity (Wildman–Crippen MR) is 98.9 cm³/mol. The second-order valence-electron chi connectivity index (χ2n) is 10.7. The Balaban J connectivity index is 1.57. The Morgan fingerprint density at radius 1 is 0.880 bits per heavy atom. The Morgan fingerprint density at radius 2 is 1.60 bits per heavy atom. The van der Waals surface area contributed by atoms with Gasteiger partial charge in [0.2, 0.25) is 0 Å². The Labute approximate surface area is 153 Å². The average Bonchev–Trinajstić information content (AvgIpc) is 2.85. The minimum absolute atomic E-state index is 0.0245. The van der Waals surface area contributed by atoms with Gasteiger partial charge in [-0.2, -0.15) is 0 Å². The number of aliphatic hydroxyl groups excluding tert-OH is 1. The summed E-state index contributed by atoms with van der Waals surface area (Å²) < 4.78 is 0. The molecule has 0 aromatic carbocycles. The van der Waals surface area contributed by atoms with Gasteiger partial charge in [0.15, 0.2) is 0 Å². The van der Waals surface area contributed by atoms with Crippen LogP contribution in [0.4, 0.5) is 0 Å². The van der Waals surface area contributed by atoms with Crippen LogP contribution >= 0.6 is 0 Å². The number of rotatable bonds is 2. The number of fused-ring (bicyclic) bond motifs is 5. The predicted octanol–water partition coefficient (Wildman–Crippen LogP) is 3.75. The van der Waals surface area contributed by atoms with Gasteiger partial charge in [-0.3, -0.25) is 0 Å². The smallest absolute Gasteiger partial charge is 0.0751 e. The van der Waals surface area contributed by atoms with Crippen LogP contribution in [-0.2, 0) is 0 Å². The van der Waals surface area contributed by atoms with Crippen molar-refractivity contribution in [1.82, 2.24) is 0 Å². The van der Waals surface area contributed by atoms with Crippen LogP contribution in [0.5, 0.6) is 0 Å². The monoisotopic (exact) mass is 350 g/mol. The van der Waals surface area contributed by atoms with Crippen molar-refractivity contribution in [3.8, 4) is 0 Å².